The maximum atomic E-state index is 12.2. The third kappa shape index (κ3) is 4.84. The molecule has 126 valence electrons. The first-order valence-electron chi connectivity index (χ1n) is 7.21. The number of nitrogens with one attached hydrogen (secondary N) is 2. The van der Waals surface area contributed by atoms with E-state index in [0.29, 0.717) is 33.7 Å². The van der Waals surface area contributed by atoms with Crippen molar-refractivity contribution in [2.75, 3.05) is 11.9 Å². The average molecular weight is 383 g/mol. The van der Waals surface area contributed by atoms with Crippen LogP contribution in [0.2, 0.25) is 10.0 Å². The van der Waals surface area contributed by atoms with Crippen LogP contribution in [0.3, 0.4) is 0 Å². The van der Waals surface area contributed by atoms with E-state index in [0.717, 1.165) is 5.56 Å². The molecule has 0 bridgehead atoms. The number of ether oxygens (including phenoxy) is 1. The summed E-state index contributed by atoms with van der Waals surface area (Å²) >= 11 is 17.3. The lowest BCUT2D eigenvalue weighted by Gasteiger charge is -2.11. The van der Waals surface area contributed by atoms with E-state index in [1.807, 2.05) is 26.0 Å². The summed E-state index contributed by atoms with van der Waals surface area (Å²) in [5.41, 5.74) is 2.04. The van der Waals surface area contributed by atoms with E-state index in [-0.39, 0.29) is 11.0 Å². The Labute approximate surface area is 156 Å². The standard InChI is InChI=1S/C17H16Cl2N2O2S/c1-3-23-15-7-5-11(8-14(15)19)16(22)21-17(24)20-12-6-4-10(2)13(18)9-12/h4-9H,3H2,1-2H3,(H2,20,21,22,24). The van der Waals surface area contributed by atoms with Crippen molar-refractivity contribution >= 4 is 52.1 Å². The van der Waals surface area contributed by atoms with Crippen LogP contribution in [0, 0.1) is 6.92 Å². The fraction of sp³-hybridized carbons (Fsp3) is 0.176. The molecule has 2 aromatic carbocycles. The van der Waals surface area contributed by atoms with Crippen molar-refractivity contribution in [3.63, 3.8) is 0 Å². The molecule has 2 aromatic rings. The van der Waals surface area contributed by atoms with Gasteiger partial charge in [0.25, 0.3) is 5.91 Å². The van der Waals surface area contributed by atoms with Crippen molar-refractivity contribution in [1.82, 2.24) is 5.32 Å². The van der Waals surface area contributed by atoms with Crippen molar-refractivity contribution in [2.45, 2.75) is 13.8 Å². The molecule has 0 aliphatic heterocycles. The minimum Gasteiger partial charge on any atom is -0.492 e. The predicted molar refractivity (Wildman–Crippen MR) is 102 cm³/mol. The number of carbonyl (C=O) groups is 1. The number of benzene rings is 2. The van der Waals surface area contributed by atoms with Gasteiger partial charge in [0.05, 0.1) is 11.6 Å². The van der Waals surface area contributed by atoms with Gasteiger partial charge in [0.1, 0.15) is 5.75 Å². The molecule has 0 saturated heterocycles. The van der Waals surface area contributed by atoms with Gasteiger partial charge in [0.15, 0.2) is 5.11 Å². The fourth-order valence-electron chi connectivity index (χ4n) is 1.92. The number of rotatable bonds is 4. The summed E-state index contributed by atoms with van der Waals surface area (Å²) in [6.45, 7) is 4.26. The first-order chi connectivity index (χ1) is 11.4. The van der Waals surface area contributed by atoms with Gasteiger partial charge >= 0.3 is 0 Å². The number of amides is 1. The fourth-order valence-corrected chi connectivity index (χ4v) is 2.55. The molecular weight excluding hydrogens is 367 g/mol. The average Bonchev–Trinajstić information content (AvgIpc) is 2.53. The highest BCUT2D eigenvalue weighted by molar-refractivity contribution is 7.80. The lowest BCUT2D eigenvalue weighted by atomic mass is 10.2. The molecule has 2 N–H and O–H groups in total. The molecule has 7 heteroatoms. The highest BCUT2D eigenvalue weighted by Crippen LogP contribution is 2.25. The van der Waals surface area contributed by atoms with Crippen molar-refractivity contribution in [3.05, 3.63) is 57.6 Å². The topological polar surface area (TPSA) is 50.4 Å². The second-order valence-electron chi connectivity index (χ2n) is 4.95. The first-order valence-corrected chi connectivity index (χ1v) is 8.38. The summed E-state index contributed by atoms with van der Waals surface area (Å²) in [7, 11) is 0. The van der Waals surface area contributed by atoms with Gasteiger partial charge in [-0.3, -0.25) is 10.1 Å². The van der Waals surface area contributed by atoms with Crippen molar-refractivity contribution < 1.29 is 9.53 Å². The van der Waals surface area contributed by atoms with Gasteiger partial charge in [-0.1, -0.05) is 29.3 Å². The van der Waals surface area contributed by atoms with E-state index < -0.39 is 0 Å². The molecule has 0 aliphatic rings. The summed E-state index contributed by atoms with van der Waals surface area (Å²) in [6, 6.07) is 10.2. The van der Waals surface area contributed by atoms with E-state index >= 15 is 0 Å². The number of halogens is 2. The quantitative estimate of drug-likeness (QED) is 0.743. The molecule has 0 aromatic heterocycles. The molecule has 0 saturated carbocycles. The van der Waals surface area contributed by atoms with Gasteiger partial charge in [0.2, 0.25) is 0 Å². The second-order valence-corrected chi connectivity index (χ2v) is 6.17. The molecule has 2 rings (SSSR count). The largest absolute Gasteiger partial charge is 0.492 e. The number of carbonyl (C=O) groups excluding carboxylic acids is 1. The molecule has 1 amide bonds. The Morgan fingerprint density at radius 3 is 2.54 bits per heavy atom. The lowest BCUT2D eigenvalue weighted by Crippen LogP contribution is -2.34. The number of thiocarbonyl (C=S) groups is 1. The molecule has 0 atom stereocenters. The molecule has 4 nitrogen and oxygen atoms in total. The Bertz CT molecular complexity index is 781. The highest BCUT2D eigenvalue weighted by Gasteiger charge is 2.11. The van der Waals surface area contributed by atoms with Crippen LogP contribution < -0.4 is 15.4 Å². The maximum Gasteiger partial charge on any atom is 0.257 e. The summed E-state index contributed by atoms with van der Waals surface area (Å²) in [5, 5.41) is 6.67. The van der Waals surface area contributed by atoms with Gasteiger partial charge in [-0.2, -0.15) is 0 Å². The van der Waals surface area contributed by atoms with E-state index in [1.165, 1.54) is 6.07 Å². The number of anilines is 1. The van der Waals surface area contributed by atoms with Crippen LogP contribution in [0.1, 0.15) is 22.8 Å². The Hall–Kier alpha value is -1.82. The maximum absolute atomic E-state index is 12.2. The van der Waals surface area contributed by atoms with Crippen molar-refractivity contribution in [2.24, 2.45) is 0 Å². The minimum absolute atomic E-state index is 0.171. The predicted octanol–water partition coefficient (Wildman–Crippen LogP) is 4.83. The zero-order valence-corrected chi connectivity index (χ0v) is 15.5. The van der Waals surface area contributed by atoms with Crippen molar-refractivity contribution in [3.8, 4) is 5.75 Å². The molecular formula is C17H16Cl2N2O2S. The Morgan fingerprint density at radius 2 is 1.92 bits per heavy atom. The number of hydrogen-bond donors (Lipinski definition) is 2. The molecule has 24 heavy (non-hydrogen) atoms. The van der Waals surface area contributed by atoms with Crippen LogP contribution in [-0.2, 0) is 0 Å². The van der Waals surface area contributed by atoms with Gasteiger partial charge in [-0.15, -0.1) is 0 Å². The number of aryl methyl sites for hydroxylation is 1. The molecule has 0 aliphatic carbocycles. The molecule has 0 heterocycles. The van der Waals surface area contributed by atoms with Gasteiger partial charge in [0, 0.05) is 16.3 Å². The van der Waals surface area contributed by atoms with Crippen LogP contribution in [-0.4, -0.2) is 17.6 Å². The van der Waals surface area contributed by atoms with E-state index in [1.54, 1.807) is 18.2 Å². The highest BCUT2D eigenvalue weighted by atomic mass is 35.5. The van der Waals surface area contributed by atoms with E-state index in [9.17, 15) is 4.79 Å². The zero-order chi connectivity index (χ0) is 17.7. The summed E-state index contributed by atoms with van der Waals surface area (Å²) in [6.07, 6.45) is 0. The van der Waals surface area contributed by atoms with Crippen LogP contribution in [0.15, 0.2) is 36.4 Å². The lowest BCUT2D eigenvalue weighted by molar-refractivity contribution is 0.0977. The third-order valence-corrected chi connectivity index (χ3v) is 4.06. The van der Waals surface area contributed by atoms with E-state index in [4.69, 9.17) is 40.2 Å². The van der Waals surface area contributed by atoms with Gasteiger partial charge < -0.3 is 10.1 Å². The summed E-state index contributed by atoms with van der Waals surface area (Å²) in [4.78, 5) is 12.2. The monoisotopic (exact) mass is 382 g/mol. The van der Waals surface area contributed by atoms with Gasteiger partial charge in [-0.25, -0.2) is 0 Å². The van der Waals surface area contributed by atoms with Crippen molar-refractivity contribution in [1.29, 1.82) is 0 Å². The number of hydrogen-bond acceptors (Lipinski definition) is 3. The Balaban J connectivity index is 2.02. The minimum atomic E-state index is -0.365. The third-order valence-electron chi connectivity index (χ3n) is 3.15. The first kappa shape index (κ1) is 18.5. The van der Waals surface area contributed by atoms with Crippen LogP contribution in [0.4, 0.5) is 5.69 Å². The smallest absolute Gasteiger partial charge is 0.257 e. The Kier molecular flexibility index (Phi) is 6.43. The molecule has 0 spiro atoms. The summed E-state index contributed by atoms with van der Waals surface area (Å²) < 4.78 is 5.34. The van der Waals surface area contributed by atoms with Crippen LogP contribution in [0.25, 0.3) is 0 Å². The normalized spacial score (nSPS) is 10.2. The second kappa shape index (κ2) is 8.33. The van der Waals surface area contributed by atoms with Crippen LogP contribution in [0.5, 0.6) is 5.75 Å². The zero-order valence-electron chi connectivity index (χ0n) is 13.2. The van der Waals surface area contributed by atoms with Crippen LogP contribution >= 0.6 is 35.4 Å². The Morgan fingerprint density at radius 1 is 1.17 bits per heavy atom. The SMILES string of the molecule is CCOc1ccc(C(=O)NC(=S)Nc2ccc(C)c(Cl)c2)cc1Cl. The van der Waals surface area contributed by atoms with Gasteiger partial charge in [-0.05, 0) is 62.0 Å². The van der Waals surface area contributed by atoms with E-state index in [2.05, 4.69) is 10.6 Å². The molecule has 0 unspecified atom stereocenters. The molecule has 0 radical (unpaired) electrons. The molecule has 0 fully saturated rings. The summed E-state index contributed by atoms with van der Waals surface area (Å²) in [5.74, 6) is 0.168.